The molecular weight excluding hydrogens is 208 g/mol. The minimum Gasteiger partial charge on any atom is -0.367 e. The van der Waals surface area contributed by atoms with Crippen LogP contribution in [0.2, 0.25) is 0 Å². The molecule has 0 fully saturated rings. The molecule has 1 N–H and O–H groups in total. The number of hydrogen-bond acceptors (Lipinski definition) is 2. The first-order chi connectivity index (χ1) is 8.10. The first-order valence-electron chi connectivity index (χ1n) is 6.58. The second-order valence-electron chi connectivity index (χ2n) is 4.99. The van der Waals surface area contributed by atoms with Crippen LogP contribution in [0.5, 0.6) is 0 Å². The van der Waals surface area contributed by atoms with Gasteiger partial charge in [0.15, 0.2) is 0 Å². The van der Waals surface area contributed by atoms with Gasteiger partial charge in [0.05, 0.1) is 0 Å². The molecule has 1 aromatic rings. The third kappa shape index (κ3) is 3.74. The van der Waals surface area contributed by atoms with Crippen molar-refractivity contribution in [3.05, 3.63) is 29.8 Å². The fourth-order valence-electron chi connectivity index (χ4n) is 2.33. The van der Waals surface area contributed by atoms with Crippen molar-refractivity contribution in [2.24, 2.45) is 5.92 Å². The Kier molecular flexibility index (Phi) is 5.49. The monoisotopic (exact) mass is 234 g/mol. The number of nitrogens with zero attached hydrogens (tertiary/aromatic N) is 1. The lowest BCUT2D eigenvalue weighted by Crippen LogP contribution is -2.45. The molecule has 0 heterocycles. The molecule has 0 saturated carbocycles. The van der Waals surface area contributed by atoms with Crippen molar-refractivity contribution in [1.82, 2.24) is 5.32 Å². The Labute approximate surface area is 106 Å². The summed E-state index contributed by atoms with van der Waals surface area (Å²) in [5, 5.41) is 3.31. The Bertz CT molecular complexity index is 333. The van der Waals surface area contributed by atoms with Gasteiger partial charge >= 0.3 is 0 Å². The highest BCUT2D eigenvalue weighted by atomic mass is 15.2. The zero-order valence-electron chi connectivity index (χ0n) is 11.8. The minimum atomic E-state index is 0.548. The summed E-state index contributed by atoms with van der Waals surface area (Å²) >= 11 is 0. The first kappa shape index (κ1) is 14.0. The quantitative estimate of drug-likeness (QED) is 0.814. The van der Waals surface area contributed by atoms with Gasteiger partial charge in [-0.05, 0) is 44.5 Å². The van der Waals surface area contributed by atoms with E-state index >= 15 is 0 Å². The number of rotatable bonds is 6. The topological polar surface area (TPSA) is 15.3 Å². The summed E-state index contributed by atoms with van der Waals surface area (Å²) in [5.74, 6) is 0.642. The van der Waals surface area contributed by atoms with Crippen LogP contribution in [0.1, 0.15) is 26.3 Å². The molecule has 2 heteroatoms. The molecular formula is C15H26N2. The largest absolute Gasteiger partial charge is 0.367 e. The van der Waals surface area contributed by atoms with Crippen molar-refractivity contribution in [3.63, 3.8) is 0 Å². The van der Waals surface area contributed by atoms with Crippen LogP contribution in [0.3, 0.4) is 0 Å². The lowest BCUT2D eigenvalue weighted by molar-refractivity contribution is 0.442. The molecule has 96 valence electrons. The molecule has 0 spiro atoms. The Morgan fingerprint density at radius 2 is 2.00 bits per heavy atom. The number of benzene rings is 1. The van der Waals surface area contributed by atoms with Crippen molar-refractivity contribution < 1.29 is 0 Å². The van der Waals surface area contributed by atoms with Gasteiger partial charge in [-0.2, -0.15) is 0 Å². The maximum Gasteiger partial charge on any atom is 0.0437 e. The Balaban J connectivity index is 2.95. The van der Waals surface area contributed by atoms with Crippen LogP contribution in [0.15, 0.2) is 24.3 Å². The van der Waals surface area contributed by atoms with Gasteiger partial charge in [0.2, 0.25) is 0 Å². The number of likely N-dealkylation sites (N-methyl/N-ethyl adjacent to an activating group) is 2. The van der Waals surface area contributed by atoms with E-state index in [0.717, 1.165) is 13.1 Å². The summed E-state index contributed by atoms with van der Waals surface area (Å²) in [7, 11) is 2.03. The van der Waals surface area contributed by atoms with Crippen LogP contribution >= 0.6 is 0 Å². The van der Waals surface area contributed by atoms with Crippen LogP contribution in [0.25, 0.3) is 0 Å². The van der Waals surface area contributed by atoms with Crippen LogP contribution < -0.4 is 10.2 Å². The number of hydrogen-bond donors (Lipinski definition) is 1. The SMILES string of the molecule is CCN(c1cccc(C)c1)C(CNC)C(C)C. The van der Waals surface area contributed by atoms with Crippen molar-refractivity contribution in [2.45, 2.75) is 33.7 Å². The van der Waals surface area contributed by atoms with Crippen LogP contribution in [0.4, 0.5) is 5.69 Å². The second kappa shape index (κ2) is 6.65. The van der Waals surface area contributed by atoms with Gasteiger partial charge in [-0.3, -0.25) is 0 Å². The standard InChI is InChI=1S/C15H26N2/c1-6-17(15(11-16-5)12(2)3)14-9-7-8-13(4)10-14/h7-10,12,15-16H,6,11H2,1-5H3. The van der Waals surface area contributed by atoms with E-state index in [1.165, 1.54) is 11.3 Å². The van der Waals surface area contributed by atoms with Gasteiger partial charge in [0.1, 0.15) is 0 Å². The van der Waals surface area contributed by atoms with Crippen LogP contribution in [0, 0.1) is 12.8 Å². The molecule has 2 nitrogen and oxygen atoms in total. The van der Waals surface area contributed by atoms with E-state index in [1.54, 1.807) is 0 Å². The van der Waals surface area contributed by atoms with Crippen molar-refractivity contribution >= 4 is 5.69 Å². The lowest BCUT2D eigenvalue weighted by Gasteiger charge is -2.35. The zero-order valence-corrected chi connectivity index (χ0v) is 11.8. The molecule has 1 rings (SSSR count). The molecule has 1 atom stereocenters. The molecule has 0 aliphatic rings. The lowest BCUT2D eigenvalue weighted by atomic mass is 10.0. The summed E-state index contributed by atoms with van der Waals surface area (Å²) < 4.78 is 0. The van der Waals surface area contributed by atoms with E-state index in [4.69, 9.17) is 0 Å². The van der Waals surface area contributed by atoms with E-state index in [0.29, 0.717) is 12.0 Å². The highest BCUT2D eigenvalue weighted by molar-refractivity contribution is 5.49. The molecule has 0 aromatic heterocycles. The summed E-state index contributed by atoms with van der Waals surface area (Å²) in [5.41, 5.74) is 2.66. The number of nitrogens with one attached hydrogen (secondary N) is 1. The van der Waals surface area contributed by atoms with E-state index in [-0.39, 0.29) is 0 Å². The predicted molar refractivity (Wildman–Crippen MR) is 76.8 cm³/mol. The molecule has 1 aromatic carbocycles. The number of aryl methyl sites for hydroxylation is 1. The van der Waals surface area contributed by atoms with Gasteiger partial charge < -0.3 is 10.2 Å². The molecule has 0 bridgehead atoms. The molecule has 17 heavy (non-hydrogen) atoms. The van der Waals surface area contributed by atoms with Crippen molar-refractivity contribution in [3.8, 4) is 0 Å². The average molecular weight is 234 g/mol. The normalized spacial score (nSPS) is 12.8. The molecule has 0 amide bonds. The minimum absolute atomic E-state index is 0.548. The smallest absolute Gasteiger partial charge is 0.0437 e. The van der Waals surface area contributed by atoms with Crippen molar-refractivity contribution in [2.75, 3.05) is 25.0 Å². The highest BCUT2D eigenvalue weighted by Gasteiger charge is 2.20. The average Bonchev–Trinajstić information content (AvgIpc) is 2.29. The molecule has 0 aliphatic carbocycles. The molecule has 0 aliphatic heterocycles. The van der Waals surface area contributed by atoms with E-state index < -0.39 is 0 Å². The Morgan fingerprint density at radius 3 is 2.47 bits per heavy atom. The van der Waals surface area contributed by atoms with Gasteiger partial charge in [-0.15, -0.1) is 0 Å². The van der Waals surface area contributed by atoms with E-state index in [2.05, 4.69) is 62.2 Å². The maximum absolute atomic E-state index is 3.31. The summed E-state index contributed by atoms with van der Waals surface area (Å²) in [6.45, 7) is 11.0. The van der Waals surface area contributed by atoms with Gasteiger partial charge in [-0.25, -0.2) is 0 Å². The molecule has 1 unspecified atom stereocenters. The van der Waals surface area contributed by atoms with Crippen molar-refractivity contribution in [1.29, 1.82) is 0 Å². The van der Waals surface area contributed by atoms with Gasteiger partial charge in [0, 0.05) is 24.8 Å². The van der Waals surface area contributed by atoms with Crippen LogP contribution in [-0.2, 0) is 0 Å². The zero-order chi connectivity index (χ0) is 12.8. The second-order valence-corrected chi connectivity index (χ2v) is 4.99. The summed E-state index contributed by atoms with van der Waals surface area (Å²) in [6.07, 6.45) is 0. The van der Waals surface area contributed by atoms with Crippen LogP contribution in [-0.4, -0.2) is 26.2 Å². The van der Waals surface area contributed by atoms with Gasteiger partial charge in [-0.1, -0.05) is 26.0 Å². The van der Waals surface area contributed by atoms with Gasteiger partial charge in [0.25, 0.3) is 0 Å². The predicted octanol–water partition coefficient (Wildman–Crippen LogP) is 3.07. The fourth-order valence-corrected chi connectivity index (χ4v) is 2.33. The Hall–Kier alpha value is -1.02. The third-order valence-corrected chi connectivity index (χ3v) is 3.26. The van der Waals surface area contributed by atoms with E-state index in [9.17, 15) is 0 Å². The third-order valence-electron chi connectivity index (χ3n) is 3.26. The summed E-state index contributed by atoms with van der Waals surface area (Å²) in [4.78, 5) is 2.49. The Morgan fingerprint density at radius 1 is 1.29 bits per heavy atom. The highest BCUT2D eigenvalue weighted by Crippen LogP contribution is 2.21. The molecule has 0 radical (unpaired) electrons. The van der Waals surface area contributed by atoms with E-state index in [1.807, 2.05) is 7.05 Å². The fraction of sp³-hybridized carbons (Fsp3) is 0.600. The number of anilines is 1. The molecule has 0 saturated heterocycles. The first-order valence-corrected chi connectivity index (χ1v) is 6.58. The maximum atomic E-state index is 3.31. The summed E-state index contributed by atoms with van der Waals surface area (Å²) in [6, 6.07) is 9.33.